The summed E-state index contributed by atoms with van der Waals surface area (Å²) in [6, 6.07) is 23.1. The number of aromatic nitrogens is 2. The summed E-state index contributed by atoms with van der Waals surface area (Å²) in [6.45, 7) is 3.36. The molecule has 0 bridgehead atoms. The van der Waals surface area contributed by atoms with Gasteiger partial charge in [-0.2, -0.15) is 0 Å². The summed E-state index contributed by atoms with van der Waals surface area (Å²) in [4.78, 5) is 41.1. The molecule has 2 unspecified atom stereocenters. The van der Waals surface area contributed by atoms with E-state index in [0.29, 0.717) is 28.5 Å². The molecule has 194 valence electrons. The summed E-state index contributed by atoms with van der Waals surface area (Å²) in [7, 11) is 1.80. The summed E-state index contributed by atoms with van der Waals surface area (Å²) in [5.74, 6) is -1.18. The fraction of sp³-hybridized carbons (Fsp3) is 0.172. The highest BCUT2D eigenvalue weighted by atomic mass is 16.6. The maximum Gasteiger partial charge on any atom is 0.413 e. The van der Waals surface area contributed by atoms with Gasteiger partial charge in [-0.25, -0.2) is 9.78 Å². The maximum atomic E-state index is 12.8. The normalized spacial score (nSPS) is 12.3. The lowest BCUT2D eigenvalue weighted by atomic mass is 9.99. The van der Waals surface area contributed by atoms with E-state index < -0.39 is 24.1 Å². The van der Waals surface area contributed by atoms with Crippen LogP contribution in [0.15, 0.2) is 85.1 Å². The Morgan fingerprint density at radius 3 is 2.24 bits per heavy atom. The maximum absolute atomic E-state index is 12.8. The fourth-order valence-electron chi connectivity index (χ4n) is 3.97. The Hall–Kier alpha value is -4.92. The molecule has 9 heteroatoms. The molecular formula is C29H28N4O5. The number of ether oxygens (including phenoxy) is 1. The number of aliphatic carboxylic acids is 1. The molecule has 0 aliphatic rings. The molecule has 3 N–H and O–H groups in total. The number of nitrogens with one attached hydrogen (secondary N) is 2. The topological polar surface area (TPSA) is 123 Å². The second kappa shape index (κ2) is 11.4. The van der Waals surface area contributed by atoms with Gasteiger partial charge < -0.3 is 19.7 Å². The van der Waals surface area contributed by atoms with Gasteiger partial charge in [-0.15, -0.1) is 0 Å². The quantitative estimate of drug-likeness (QED) is 0.273. The average Bonchev–Trinajstić information content (AvgIpc) is 3.28. The Kier molecular flexibility index (Phi) is 7.86. The van der Waals surface area contributed by atoms with Gasteiger partial charge in [-0.3, -0.25) is 14.9 Å². The van der Waals surface area contributed by atoms with Gasteiger partial charge in [0.1, 0.15) is 11.9 Å². The molecule has 9 nitrogen and oxygen atoms in total. The van der Waals surface area contributed by atoms with Crippen molar-refractivity contribution in [1.29, 1.82) is 0 Å². The molecule has 1 heterocycles. The standard InChI is InChI=1S/C29H28N4O5/c1-18(28(35)36)23-11-7-8-12-24(23)30-27(34)22-15-13-21(14-16-22)26-31-25(17-33(26)3)32-29(37)38-19(2)20-9-5-4-6-10-20/h4-19H,1-3H3,(H,30,34)(H,32,37)(H,35,36). The van der Waals surface area contributed by atoms with Crippen LogP contribution in [-0.2, 0) is 16.6 Å². The molecule has 0 aliphatic carbocycles. The number of imidazole rings is 1. The number of amides is 2. The molecular weight excluding hydrogens is 484 g/mol. The van der Waals surface area contributed by atoms with Gasteiger partial charge in [-0.05, 0) is 43.2 Å². The van der Waals surface area contributed by atoms with E-state index in [0.717, 1.165) is 11.1 Å². The average molecular weight is 513 g/mol. The van der Waals surface area contributed by atoms with E-state index in [1.807, 2.05) is 30.3 Å². The third kappa shape index (κ3) is 6.07. The molecule has 3 aromatic carbocycles. The largest absolute Gasteiger partial charge is 0.481 e. The Morgan fingerprint density at radius 2 is 1.55 bits per heavy atom. The van der Waals surface area contributed by atoms with E-state index in [1.54, 1.807) is 80.2 Å². The molecule has 0 saturated heterocycles. The van der Waals surface area contributed by atoms with Crippen molar-refractivity contribution in [3.05, 3.63) is 102 Å². The van der Waals surface area contributed by atoms with Crippen molar-refractivity contribution in [2.24, 2.45) is 7.05 Å². The lowest BCUT2D eigenvalue weighted by Crippen LogP contribution is -2.16. The second-order valence-electron chi connectivity index (χ2n) is 8.82. The summed E-state index contributed by atoms with van der Waals surface area (Å²) in [5, 5.41) is 14.8. The van der Waals surface area contributed by atoms with Crippen molar-refractivity contribution >= 4 is 29.5 Å². The molecule has 2 amide bonds. The van der Waals surface area contributed by atoms with Crippen LogP contribution in [0.3, 0.4) is 0 Å². The number of carboxylic acid groups (broad SMARTS) is 1. The minimum absolute atomic E-state index is 0.332. The van der Waals surface area contributed by atoms with Gasteiger partial charge in [0.25, 0.3) is 5.91 Å². The minimum atomic E-state index is -0.973. The number of aryl methyl sites for hydroxylation is 1. The third-order valence-electron chi connectivity index (χ3n) is 6.11. The first-order valence-electron chi connectivity index (χ1n) is 12.0. The van der Waals surface area contributed by atoms with Crippen molar-refractivity contribution < 1.29 is 24.2 Å². The van der Waals surface area contributed by atoms with Gasteiger partial charge in [-0.1, -0.05) is 60.7 Å². The molecule has 4 rings (SSSR count). The van der Waals surface area contributed by atoms with Gasteiger partial charge in [0.05, 0.1) is 5.92 Å². The van der Waals surface area contributed by atoms with Gasteiger partial charge >= 0.3 is 12.1 Å². The number of rotatable bonds is 8. The van der Waals surface area contributed by atoms with Gasteiger partial charge in [0.2, 0.25) is 0 Å². The van der Waals surface area contributed by atoms with Crippen LogP contribution in [0.25, 0.3) is 11.4 Å². The predicted octanol–water partition coefficient (Wildman–Crippen LogP) is 5.84. The monoisotopic (exact) mass is 512 g/mol. The van der Waals surface area contributed by atoms with E-state index in [9.17, 15) is 19.5 Å². The minimum Gasteiger partial charge on any atom is -0.481 e. The zero-order valence-electron chi connectivity index (χ0n) is 21.2. The highest BCUT2D eigenvalue weighted by Gasteiger charge is 2.19. The summed E-state index contributed by atoms with van der Waals surface area (Å²) in [5.41, 5.74) is 2.99. The summed E-state index contributed by atoms with van der Waals surface area (Å²) < 4.78 is 7.20. The van der Waals surface area contributed by atoms with E-state index in [1.165, 1.54) is 0 Å². The Labute approximate surface area is 220 Å². The van der Waals surface area contributed by atoms with Crippen LogP contribution in [0.5, 0.6) is 0 Å². The Morgan fingerprint density at radius 1 is 0.895 bits per heavy atom. The van der Waals surface area contributed by atoms with Crippen LogP contribution < -0.4 is 10.6 Å². The van der Waals surface area contributed by atoms with Crippen molar-refractivity contribution in [1.82, 2.24) is 9.55 Å². The predicted molar refractivity (Wildman–Crippen MR) is 144 cm³/mol. The van der Waals surface area contributed by atoms with Crippen molar-refractivity contribution in [2.45, 2.75) is 25.9 Å². The smallest absolute Gasteiger partial charge is 0.413 e. The first kappa shape index (κ1) is 26.2. The number of benzene rings is 3. The number of carboxylic acids is 1. The van der Waals surface area contributed by atoms with E-state index in [4.69, 9.17) is 4.74 Å². The van der Waals surface area contributed by atoms with Crippen LogP contribution in [0.2, 0.25) is 0 Å². The summed E-state index contributed by atoms with van der Waals surface area (Å²) in [6.07, 6.45) is 0.637. The molecule has 4 aromatic rings. The first-order valence-corrected chi connectivity index (χ1v) is 12.0. The van der Waals surface area contributed by atoms with Gasteiger partial charge in [0, 0.05) is 30.1 Å². The number of carbonyl (C=O) groups is 3. The number of nitrogens with zero attached hydrogens (tertiary/aromatic N) is 2. The Bertz CT molecular complexity index is 1450. The molecule has 0 saturated carbocycles. The number of anilines is 2. The van der Waals surface area contributed by atoms with E-state index >= 15 is 0 Å². The van der Waals surface area contributed by atoms with Crippen LogP contribution >= 0.6 is 0 Å². The molecule has 0 radical (unpaired) electrons. The molecule has 2 atom stereocenters. The van der Waals surface area contributed by atoms with Crippen molar-refractivity contribution in [3.63, 3.8) is 0 Å². The van der Waals surface area contributed by atoms with Crippen molar-refractivity contribution in [2.75, 3.05) is 10.6 Å². The number of hydrogen-bond acceptors (Lipinski definition) is 5. The van der Waals surface area contributed by atoms with Crippen LogP contribution in [0, 0.1) is 0 Å². The fourth-order valence-corrected chi connectivity index (χ4v) is 3.97. The van der Waals surface area contributed by atoms with Crippen LogP contribution in [-0.4, -0.2) is 32.6 Å². The lowest BCUT2D eigenvalue weighted by Gasteiger charge is -2.14. The highest BCUT2D eigenvalue weighted by molar-refractivity contribution is 6.05. The molecule has 38 heavy (non-hydrogen) atoms. The van der Waals surface area contributed by atoms with Crippen molar-refractivity contribution in [3.8, 4) is 11.4 Å². The zero-order chi connectivity index (χ0) is 27.2. The zero-order valence-corrected chi connectivity index (χ0v) is 21.2. The first-order chi connectivity index (χ1) is 18.2. The second-order valence-corrected chi connectivity index (χ2v) is 8.82. The molecule has 0 fully saturated rings. The summed E-state index contributed by atoms with van der Waals surface area (Å²) >= 11 is 0. The van der Waals surface area contributed by atoms with Crippen LogP contribution in [0.1, 0.15) is 47.4 Å². The molecule has 0 spiro atoms. The number of para-hydroxylation sites is 1. The highest BCUT2D eigenvalue weighted by Crippen LogP contribution is 2.26. The third-order valence-corrected chi connectivity index (χ3v) is 6.11. The molecule has 0 aliphatic heterocycles. The SMILES string of the molecule is CC(OC(=O)Nc1cn(C)c(-c2ccc(C(=O)Nc3ccccc3C(C)C(=O)O)cc2)n1)c1ccccc1. The number of carbonyl (C=O) groups excluding carboxylic acids is 2. The molecule has 1 aromatic heterocycles. The van der Waals surface area contributed by atoms with Gasteiger partial charge in [0.15, 0.2) is 5.82 Å². The lowest BCUT2D eigenvalue weighted by molar-refractivity contribution is -0.138. The van der Waals surface area contributed by atoms with E-state index in [-0.39, 0.29) is 5.91 Å². The van der Waals surface area contributed by atoms with E-state index in [2.05, 4.69) is 15.6 Å². The number of hydrogen-bond donors (Lipinski definition) is 3. The van der Waals surface area contributed by atoms with Crippen LogP contribution in [0.4, 0.5) is 16.3 Å². The Balaban J connectivity index is 1.42.